The van der Waals surface area contributed by atoms with Crippen molar-refractivity contribution in [1.29, 1.82) is 5.26 Å². The van der Waals surface area contributed by atoms with Crippen molar-refractivity contribution >= 4 is 40.9 Å². The van der Waals surface area contributed by atoms with Gasteiger partial charge in [-0.2, -0.15) is 5.26 Å². The van der Waals surface area contributed by atoms with Gasteiger partial charge in [0.1, 0.15) is 17.5 Å². The minimum absolute atomic E-state index is 0.167. The Labute approximate surface area is 136 Å². The fraction of sp³-hybridized carbons (Fsp3) is 0. The Balaban J connectivity index is 2.28. The maximum atomic E-state index is 12.8. The Morgan fingerprint density at radius 3 is 2.27 bits per heavy atom. The summed E-state index contributed by atoms with van der Waals surface area (Å²) in [5, 5.41) is 12.3. The second-order valence-electron chi connectivity index (χ2n) is 4.27. The molecule has 0 heterocycles. The van der Waals surface area contributed by atoms with Gasteiger partial charge in [0.2, 0.25) is 0 Å². The first-order valence-electron chi connectivity index (χ1n) is 6.14. The van der Waals surface area contributed by atoms with Crippen LogP contribution in [0.25, 0.3) is 6.08 Å². The van der Waals surface area contributed by atoms with E-state index in [1.807, 2.05) is 0 Å². The number of benzene rings is 2. The van der Waals surface area contributed by atoms with Gasteiger partial charge in [-0.05, 0) is 42.5 Å². The fourth-order valence-corrected chi connectivity index (χ4v) is 2.18. The number of anilines is 1. The minimum atomic E-state index is -0.634. The molecule has 0 atom stereocenters. The van der Waals surface area contributed by atoms with E-state index in [0.29, 0.717) is 21.3 Å². The molecule has 0 aliphatic heterocycles. The number of nitrogens with one attached hydrogen (secondary N) is 1. The first-order chi connectivity index (χ1) is 10.5. The second kappa shape index (κ2) is 7.08. The van der Waals surface area contributed by atoms with Gasteiger partial charge in [-0.3, -0.25) is 4.79 Å². The topological polar surface area (TPSA) is 52.9 Å². The maximum Gasteiger partial charge on any atom is 0.266 e. The van der Waals surface area contributed by atoms with Gasteiger partial charge in [-0.15, -0.1) is 0 Å². The molecule has 22 heavy (non-hydrogen) atoms. The monoisotopic (exact) mass is 334 g/mol. The quantitative estimate of drug-likeness (QED) is 0.654. The number of halogens is 3. The van der Waals surface area contributed by atoms with Gasteiger partial charge in [0.25, 0.3) is 5.91 Å². The summed E-state index contributed by atoms with van der Waals surface area (Å²) in [5.74, 6) is -1.05. The van der Waals surface area contributed by atoms with Crippen LogP contribution < -0.4 is 5.32 Å². The van der Waals surface area contributed by atoms with Crippen molar-refractivity contribution < 1.29 is 9.18 Å². The zero-order chi connectivity index (χ0) is 16.1. The van der Waals surface area contributed by atoms with Crippen LogP contribution in [0.3, 0.4) is 0 Å². The lowest BCUT2D eigenvalue weighted by molar-refractivity contribution is -0.112. The largest absolute Gasteiger partial charge is 0.321 e. The molecule has 2 rings (SSSR count). The Morgan fingerprint density at radius 1 is 1.14 bits per heavy atom. The summed E-state index contributed by atoms with van der Waals surface area (Å²) in [6.45, 7) is 0. The van der Waals surface area contributed by atoms with Gasteiger partial charge in [0.15, 0.2) is 0 Å². The Kier molecular flexibility index (Phi) is 5.16. The van der Waals surface area contributed by atoms with Crippen molar-refractivity contribution in [2.45, 2.75) is 0 Å². The summed E-state index contributed by atoms with van der Waals surface area (Å²) in [4.78, 5) is 12.1. The highest BCUT2D eigenvalue weighted by atomic mass is 35.5. The van der Waals surface area contributed by atoms with Crippen molar-refractivity contribution in [2.75, 3.05) is 5.32 Å². The summed E-state index contributed by atoms with van der Waals surface area (Å²) in [5.41, 5.74) is 0.591. The lowest BCUT2D eigenvalue weighted by Crippen LogP contribution is -2.13. The van der Waals surface area contributed by atoms with Crippen LogP contribution in [0.4, 0.5) is 10.1 Å². The predicted molar refractivity (Wildman–Crippen MR) is 85.1 cm³/mol. The van der Waals surface area contributed by atoms with Crippen molar-refractivity contribution in [2.24, 2.45) is 0 Å². The van der Waals surface area contributed by atoms with E-state index in [9.17, 15) is 9.18 Å². The van der Waals surface area contributed by atoms with Crippen LogP contribution in [0, 0.1) is 17.1 Å². The zero-order valence-corrected chi connectivity index (χ0v) is 12.6. The second-order valence-corrected chi connectivity index (χ2v) is 5.08. The lowest BCUT2D eigenvalue weighted by atomic mass is 10.1. The van der Waals surface area contributed by atoms with Crippen molar-refractivity contribution in [3.05, 3.63) is 69.5 Å². The van der Waals surface area contributed by atoms with Crippen molar-refractivity contribution in [3.63, 3.8) is 0 Å². The van der Waals surface area contributed by atoms with E-state index >= 15 is 0 Å². The van der Waals surface area contributed by atoms with Gasteiger partial charge in [0.05, 0.1) is 0 Å². The lowest BCUT2D eigenvalue weighted by Gasteiger charge is -2.05. The molecule has 0 bridgehead atoms. The van der Waals surface area contributed by atoms with Crippen LogP contribution >= 0.6 is 23.2 Å². The molecule has 3 nitrogen and oxygen atoms in total. The summed E-state index contributed by atoms with van der Waals surface area (Å²) in [6, 6.07) is 11.9. The molecule has 2 aromatic carbocycles. The first-order valence-corrected chi connectivity index (χ1v) is 6.89. The van der Waals surface area contributed by atoms with Gasteiger partial charge in [-0.25, -0.2) is 4.39 Å². The highest BCUT2D eigenvalue weighted by Crippen LogP contribution is 2.26. The molecule has 0 aromatic heterocycles. The number of hydrogen-bond acceptors (Lipinski definition) is 2. The molecule has 0 radical (unpaired) electrons. The molecule has 1 amide bonds. The van der Waals surface area contributed by atoms with Crippen molar-refractivity contribution in [1.82, 2.24) is 0 Å². The van der Waals surface area contributed by atoms with Crippen LogP contribution in [0.5, 0.6) is 0 Å². The number of amides is 1. The molecule has 0 saturated carbocycles. The molecule has 0 saturated heterocycles. The first kappa shape index (κ1) is 16.0. The smallest absolute Gasteiger partial charge is 0.266 e. The zero-order valence-electron chi connectivity index (χ0n) is 11.1. The van der Waals surface area contributed by atoms with E-state index in [4.69, 9.17) is 28.5 Å². The summed E-state index contributed by atoms with van der Waals surface area (Å²) >= 11 is 12.0. The average molecular weight is 335 g/mol. The van der Waals surface area contributed by atoms with Gasteiger partial charge in [-0.1, -0.05) is 29.3 Å². The number of nitriles is 1. The highest BCUT2D eigenvalue weighted by molar-refractivity contribution is 6.37. The molecule has 0 aliphatic carbocycles. The standard InChI is InChI=1S/C16H9Cl2FN2O/c17-14-2-1-3-15(18)13(14)8-10(9-20)16(22)21-12-6-4-11(19)5-7-12/h1-8H,(H,21,22)/b10-8+. The third-order valence-corrected chi connectivity index (χ3v) is 3.41. The normalized spacial score (nSPS) is 10.9. The summed E-state index contributed by atoms with van der Waals surface area (Å²) < 4.78 is 12.8. The van der Waals surface area contributed by atoms with Crippen molar-refractivity contribution in [3.8, 4) is 6.07 Å². The molecule has 0 fully saturated rings. The highest BCUT2D eigenvalue weighted by Gasteiger charge is 2.12. The molecule has 0 aliphatic rings. The van der Waals surface area contributed by atoms with Gasteiger partial charge < -0.3 is 5.32 Å². The molecule has 110 valence electrons. The Hall–Kier alpha value is -2.35. The van der Waals surface area contributed by atoms with Gasteiger partial charge in [0, 0.05) is 21.3 Å². The number of rotatable bonds is 3. The predicted octanol–water partition coefficient (Wildman–Crippen LogP) is 4.68. The number of nitrogens with zero attached hydrogens (tertiary/aromatic N) is 1. The number of carbonyl (C=O) groups is 1. The molecular weight excluding hydrogens is 326 g/mol. The number of carbonyl (C=O) groups excluding carboxylic acids is 1. The number of hydrogen-bond donors (Lipinski definition) is 1. The Bertz CT molecular complexity index is 759. The van der Waals surface area contributed by atoms with E-state index in [1.54, 1.807) is 24.3 Å². The van der Waals surface area contributed by atoms with E-state index in [2.05, 4.69) is 5.32 Å². The average Bonchev–Trinajstić information content (AvgIpc) is 2.49. The molecule has 0 spiro atoms. The van der Waals surface area contributed by atoms with Crippen LogP contribution in [-0.4, -0.2) is 5.91 Å². The van der Waals surface area contributed by atoms with E-state index < -0.39 is 11.7 Å². The van der Waals surface area contributed by atoms with Crippen LogP contribution in [0.2, 0.25) is 10.0 Å². The fourth-order valence-electron chi connectivity index (χ4n) is 1.67. The molecule has 6 heteroatoms. The minimum Gasteiger partial charge on any atom is -0.321 e. The van der Waals surface area contributed by atoms with Crippen LogP contribution in [0.15, 0.2) is 48.0 Å². The molecule has 1 N–H and O–H groups in total. The SMILES string of the molecule is N#C/C(=C\c1c(Cl)cccc1Cl)C(=O)Nc1ccc(F)cc1. The van der Waals surface area contributed by atoms with E-state index in [-0.39, 0.29) is 5.57 Å². The Morgan fingerprint density at radius 2 is 1.73 bits per heavy atom. The molecular formula is C16H9Cl2FN2O. The molecule has 0 unspecified atom stereocenters. The van der Waals surface area contributed by atoms with Gasteiger partial charge >= 0.3 is 0 Å². The van der Waals surface area contributed by atoms with E-state index in [1.165, 1.54) is 30.3 Å². The van der Waals surface area contributed by atoms with Crippen LogP contribution in [-0.2, 0) is 4.79 Å². The third kappa shape index (κ3) is 3.85. The summed E-state index contributed by atoms with van der Waals surface area (Å²) in [7, 11) is 0. The van der Waals surface area contributed by atoms with E-state index in [0.717, 1.165) is 0 Å². The summed E-state index contributed by atoms with van der Waals surface area (Å²) in [6.07, 6.45) is 1.31. The maximum absolute atomic E-state index is 12.8. The third-order valence-electron chi connectivity index (χ3n) is 2.76. The molecule has 2 aromatic rings. The van der Waals surface area contributed by atoms with Crippen LogP contribution in [0.1, 0.15) is 5.56 Å².